The van der Waals surface area contributed by atoms with E-state index in [2.05, 4.69) is 16.0 Å². The van der Waals surface area contributed by atoms with Crippen LogP contribution in [0.4, 0.5) is 0 Å². The van der Waals surface area contributed by atoms with E-state index in [1.165, 1.54) is 0 Å². The van der Waals surface area contributed by atoms with Crippen molar-refractivity contribution in [1.29, 1.82) is 0 Å². The van der Waals surface area contributed by atoms with Crippen molar-refractivity contribution in [1.82, 2.24) is 14.8 Å². The number of hydrogen-bond donors (Lipinski definition) is 0. The van der Waals surface area contributed by atoms with E-state index < -0.39 is 0 Å². The first-order valence-corrected chi connectivity index (χ1v) is 8.26. The molecular formula is C18H21N3O2. The molecular weight excluding hydrogens is 290 g/mol. The maximum Gasteiger partial charge on any atom is 0.226 e. The monoisotopic (exact) mass is 311 g/mol. The van der Waals surface area contributed by atoms with Crippen molar-refractivity contribution in [2.45, 2.75) is 18.9 Å². The number of rotatable bonds is 4. The molecule has 1 aliphatic heterocycles. The van der Waals surface area contributed by atoms with Crippen LogP contribution in [0.1, 0.15) is 23.8 Å². The van der Waals surface area contributed by atoms with Crippen LogP contribution in [0.25, 0.3) is 0 Å². The van der Waals surface area contributed by atoms with Crippen LogP contribution in [0.15, 0.2) is 47.2 Å². The molecule has 2 aromatic rings. The third-order valence-corrected chi connectivity index (χ3v) is 4.81. The summed E-state index contributed by atoms with van der Waals surface area (Å²) in [6, 6.07) is 9.87. The Labute approximate surface area is 135 Å². The summed E-state index contributed by atoms with van der Waals surface area (Å²) in [5.74, 6) is 1.67. The molecule has 5 nitrogen and oxygen atoms in total. The van der Waals surface area contributed by atoms with Gasteiger partial charge >= 0.3 is 0 Å². The summed E-state index contributed by atoms with van der Waals surface area (Å²) in [4.78, 5) is 21.3. The SMILES string of the molecule is O=C([C@H]1C[C@@H]1c1ccco1)N1CCN(Cc2ccccn2)CC1. The molecule has 23 heavy (non-hydrogen) atoms. The van der Waals surface area contributed by atoms with Gasteiger partial charge in [0.05, 0.1) is 12.0 Å². The lowest BCUT2D eigenvalue weighted by Crippen LogP contribution is -2.48. The third kappa shape index (κ3) is 3.15. The number of hydrogen-bond acceptors (Lipinski definition) is 4. The van der Waals surface area contributed by atoms with E-state index in [1.807, 2.05) is 35.4 Å². The largest absolute Gasteiger partial charge is 0.469 e. The molecule has 3 heterocycles. The van der Waals surface area contributed by atoms with Crippen LogP contribution in [0.2, 0.25) is 0 Å². The van der Waals surface area contributed by atoms with Crippen molar-refractivity contribution < 1.29 is 9.21 Å². The maximum absolute atomic E-state index is 12.6. The standard InChI is InChI=1S/C18H21N3O2/c22-18(16-12-15(16)17-5-3-11-23-17)21-9-7-20(8-10-21)13-14-4-1-2-6-19-14/h1-6,11,15-16H,7-10,12-13H2/t15-,16-/m0/s1. The lowest BCUT2D eigenvalue weighted by molar-refractivity contribution is -0.134. The number of aromatic nitrogens is 1. The van der Waals surface area contributed by atoms with Crippen LogP contribution >= 0.6 is 0 Å². The predicted molar refractivity (Wildman–Crippen MR) is 85.7 cm³/mol. The summed E-state index contributed by atoms with van der Waals surface area (Å²) in [7, 11) is 0. The molecule has 2 aromatic heterocycles. The number of piperazine rings is 1. The number of carbonyl (C=O) groups excluding carboxylic acids is 1. The van der Waals surface area contributed by atoms with E-state index in [-0.39, 0.29) is 5.92 Å². The molecule has 1 amide bonds. The molecule has 0 aromatic carbocycles. The Bertz CT molecular complexity index is 648. The Morgan fingerprint density at radius 3 is 2.74 bits per heavy atom. The topological polar surface area (TPSA) is 49.6 Å². The number of carbonyl (C=O) groups is 1. The van der Waals surface area contributed by atoms with E-state index >= 15 is 0 Å². The summed E-state index contributed by atoms with van der Waals surface area (Å²) in [5, 5.41) is 0. The van der Waals surface area contributed by atoms with Gasteiger partial charge in [-0.25, -0.2) is 0 Å². The highest BCUT2D eigenvalue weighted by atomic mass is 16.3. The van der Waals surface area contributed by atoms with Gasteiger partial charge in [-0.1, -0.05) is 6.07 Å². The Balaban J connectivity index is 1.28. The van der Waals surface area contributed by atoms with Crippen molar-refractivity contribution in [3.05, 3.63) is 54.2 Å². The van der Waals surface area contributed by atoms with Gasteiger partial charge in [0.25, 0.3) is 0 Å². The van der Waals surface area contributed by atoms with Gasteiger partial charge in [0, 0.05) is 50.8 Å². The lowest BCUT2D eigenvalue weighted by Gasteiger charge is -2.34. The first-order chi connectivity index (χ1) is 11.3. The summed E-state index contributed by atoms with van der Waals surface area (Å²) < 4.78 is 5.42. The summed E-state index contributed by atoms with van der Waals surface area (Å²) in [6.45, 7) is 4.32. The predicted octanol–water partition coefficient (Wildman–Crippen LogP) is 2.12. The zero-order valence-electron chi connectivity index (χ0n) is 13.1. The molecule has 5 heteroatoms. The molecule has 120 valence electrons. The summed E-state index contributed by atoms with van der Waals surface area (Å²) in [5.41, 5.74) is 1.09. The quantitative estimate of drug-likeness (QED) is 0.868. The Kier molecular flexibility index (Phi) is 3.87. The number of pyridine rings is 1. The van der Waals surface area contributed by atoms with Gasteiger partial charge in [-0.2, -0.15) is 0 Å². The molecule has 0 radical (unpaired) electrons. The minimum Gasteiger partial charge on any atom is -0.469 e. The van der Waals surface area contributed by atoms with E-state index in [1.54, 1.807) is 6.26 Å². The Morgan fingerprint density at radius 2 is 2.04 bits per heavy atom. The zero-order chi connectivity index (χ0) is 15.6. The third-order valence-electron chi connectivity index (χ3n) is 4.81. The summed E-state index contributed by atoms with van der Waals surface area (Å²) >= 11 is 0. The zero-order valence-corrected chi connectivity index (χ0v) is 13.1. The average Bonchev–Trinajstić information content (AvgIpc) is 3.21. The van der Waals surface area contributed by atoms with Crippen LogP contribution in [-0.2, 0) is 11.3 Å². The lowest BCUT2D eigenvalue weighted by atomic mass is 10.2. The van der Waals surface area contributed by atoms with E-state index in [4.69, 9.17) is 4.42 Å². The van der Waals surface area contributed by atoms with Crippen LogP contribution in [0.5, 0.6) is 0 Å². The Hall–Kier alpha value is -2.14. The highest BCUT2D eigenvalue weighted by Crippen LogP contribution is 2.48. The number of amides is 1. The molecule has 2 aliphatic rings. The second-order valence-corrected chi connectivity index (χ2v) is 6.39. The van der Waals surface area contributed by atoms with Gasteiger partial charge in [0.1, 0.15) is 5.76 Å². The van der Waals surface area contributed by atoms with Gasteiger partial charge in [0.15, 0.2) is 0 Å². The second-order valence-electron chi connectivity index (χ2n) is 6.39. The smallest absolute Gasteiger partial charge is 0.226 e. The Morgan fingerprint density at radius 1 is 1.17 bits per heavy atom. The minimum atomic E-state index is 0.128. The normalized spacial score (nSPS) is 24.6. The van der Waals surface area contributed by atoms with Gasteiger partial charge < -0.3 is 9.32 Å². The first-order valence-electron chi connectivity index (χ1n) is 8.26. The van der Waals surface area contributed by atoms with Crippen molar-refractivity contribution in [3.63, 3.8) is 0 Å². The first kappa shape index (κ1) is 14.5. The van der Waals surface area contributed by atoms with E-state index in [9.17, 15) is 4.79 Å². The average molecular weight is 311 g/mol. The molecule has 0 N–H and O–H groups in total. The van der Waals surface area contributed by atoms with Crippen molar-refractivity contribution >= 4 is 5.91 Å². The second kappa shape index (κ2) is 6.16. The molecule has 1 saturated heterocycles. The maximum atomic E-state index is 12.6. The van der Waals surface area contributed by atoms with Crippen molar-refractivity contribution in [3.8, 4) is 0 Å². The van der Waals surface area contributed by atoms with Crippen LogP contribution in [-0.4, -0.2) is 46.9 Å². The fourth-order valence-electron chi connectivity index (χ4n) is 3.37. The summed E-state index contributed by atoms with van der Waals surface area (Å²) in [6.07, 6.45) is 4.45. The molecule has 2 fully saturated rings. The van der Waals surface area contributed by atoms with Gasteiger partial charge in [-0.15, -0.1) is 0 Å². The van der Waals surface area contributed by atoms with Gasteiger partial charge in [0.2, 0.25) is 5.91 Å². The van der Waals surface area contributed by atoms with Gasteiger partial charge in [-0.3, -0.25) is 14.7 Å². The fraction of sp³-hybridized carbons (Fsp3) is 0.444. The molecule has 2 atom stereocenters. The molecule has 1 aliphatic carbocycles. The van der Waals surface area contributed by atoms with Crippen molar-refractivity contribution in [2.24, 2.45) is 5.92 Å². The highest BCUT2D eigenvalue weighted by Gasteiger charge is 2.47. The molecule has 0 bridgehead atoms. The molecule has 0 unspecified atom stereocenters. The molecule has 1 saturated carbocycles. The van der Waals surface area contributed by atoms with E-state index in [0.717, 1.165) is 50.6 Å². The van der Waals surface area contributed by atoms with Crippen LogP contribution < -0.4 is 0 Å². The van der Waals surface area contributed by atoms with E-state index in [0.29, 0.717) is 11.8 Å². The molecule has 4 rings (SSSR count). The van der Waals surface area contributed by atoms with Gasteiger partial charge in [-0.05, 0) is 30.7 Å². The molecule has 0 spiro atoms. The fourth-order valence-corrected chi connectivity index (χ4v) is 3.37. The van der Waals surface area contributed by atoms with Crippen molar-refractivity contribution in [2.75, 3.05) is 26.2 Å². The van der Waals surface area contributed by atoms with Crippen LogP contribution in [0, 0.1) is 5.92 Å². The highest BCUT2D eigenvalue weighted by molar-refractivity contribution is 5.83. The number of nitrogens with zero attached hydrogens (tertiary/aromatic N) is 3. The number of furan rings is 1. The van der Waals surface area contributed by atoms with Crippen LogP contribution in [0.3, 0.4) is 0 Å². The minimum absolute atomic E-state index is 0.128.